The van der Waals surface area contributed by atoms with Crippen LogP contribution in [0.3, 0.4) is 0 Å². The van der Waals surface area contributed by atoms with Crippen molar-refractivity contribution in [1.82, 2.24) is 0 Å². The number of hydrogen-bond acceptors (Lipinski definition) is 11. The van der Waals surface area contributed by atoms with Gasteiger partial charge in [0.1, 0.15) is 48.8 Å². The fourth-order valence-electron chi connectivity index (χ4n) is 2.70. The zero-order valence-electron chi connectivity index (χ0n) is 13.0. The molecule has 11 nitrogen and oxygen atoms in total. The van der Waals surface area contributed by atoms with Crippen molar-refractivity contribution in [2.24, 2.45) is 0 Å². The molecule has 0 spiro atoms. The van der Waals surface area contributed by atoms with Gasteiger partial charge < -0.3 is 54.7 Å². The maximum Gasteiger partial charge on any atom is 0.186 e. The van der Waals surface area contributed by atoms with Crippen LogP contribution in [0.4, 0.5) is 0 Å². The molecule has 2 aliphatic heterocycles. The summed E-state index contributed by atoms with van der Waals surface area (Å²) in [5, 5.41) is 67.4. The number of aliphatic hydroxyl groups is 7. The molecule has 2 rings (SSSR count). The van der Waals surface area contributed by atoms with Crippen LogP contribution < -0.4 is 0 Å². The first-order valence-electron chi connectivity index (χ1n) is 7.46. The Bertz CT molecular complexity index is 396. The zero-order chi connectivity index (χ0) is 18.0. The van der Waals surface area contributed by atoms with Gasteiger partial charge >= 0.3 is 0 Å². The summed E-state index contributed by atoms with van der Waals surface area (Å²) in [6, 6.07) is 0. The average molecular weight is 356 g/mol. The topological polar surface area (TPSA) is 179 Å². The van der Waals surface area contributed by atoms with Crippen molar-refractivity contribution < 1.29 is 54.7 Å². The van der Waals surface area contributed by atoms with Gasteiger partial charge in [-0.1, -0.05) is 0 Å². The van der Waals surface area contributed by atoms with Crippen LogP contribution in [-0.2, 0) is 18.9 Å². The first kappa shape index (κ1) is 19.9. The van der Waals surface area contributed by atoms with Gasteiger partial charge in [0.15, 0.2) is 12.6 Å². The van der Waals surface area contributed by atoms with Gasteiger partial charge in [-0.3, -0.25) is 0 Å². The van der Waals surface area contributed by atoms with Crippen LogP contribution in [-0.4, -0.2) is 117 Å². The smallest absolute Gasteiger partial charge is 0.186 e. The molecule has 0 unspecified atom stereocenters. The van der Waals surface area contributed by atoms with E-state index in [0.717, 1.165) is 0 Å². The Labute approximate surface area is 137 Å². The lowest BCUT2D eigenvalue weighted by Gasteiger charge is -2.23. The molecule has 2 heterocycles. The summed E-state index contributed by atoms with van der Waals surface area (Å²) in [7, 11) is 1.27. The average Bonchev–Trinajstić information content (AvgIpc) is 3.03. The lowest BCUT2D eigenvalue weighted by atomic mass is 10.1. The van der Waals surface area contributed by atoms with Crippen molar-refractivity contribution in [2.45, 2.75) is 61.4 Å². The number of rotatable bonds is 7. The fourth-order valence-corrected chi connectivity index (χ4v) is 2.70. The third-order valence-electron chi connectivity index (χ3n) is 4.12. The molecule has 0 saturated carbocycles. The lowest BCUT2D eigenvalue weighted by Crippen LogP contribution is -2.43. The van der Waals surface area contributed by atoms with Gasteiger partial charge in [-0.15, -0.1) is 0 Å². The predicted molar refractivity (Wildman–Crippen MR) is 73.4 cm³/mol. The highest BCUT2D eigenvalue weighted by molar-refractivity contribution is 4.92. The van der Waals surface area contributed by atoms with Crippen molar-refractivity contribution in [2.75, 3.05) is 20.3 Å². The summed E-state index contributed by atoms with van der Waals surface area (Å²) in [5.41, 5.74) is 0. The first-order chi connectivity index (χ1) is 11.3. The largest absolute Gasteiger partial charge is 0.394 e. The molecule has 2 aliphatic rings. The molecule has 0 aromatic carbocycles. The van der Waals surface area contributed by atoms with Gasteiger partial charge in [0, 0.05) is 7.11 Å². The van der Waals surface area contributed by atoms with E-state index in [1.807, 2.05) is 0 Å². The Hall–Kier alpha value is -0.440. The molecule has 2 saturated heterocycles. The first-order valence-corrected chi connectivity index (χ1v) is 7.46. The molecule has 10 atom stereocenters. The molecule has 0 radical (unpaired) electrons. The standard InChI is InChI=1S/C13H24O11/c1-21-12-8(19)6(17)11(23-12)5(16)3-22-13-9(20)7(18)10(24-13)4(15)2-14/h4-20H,2-3H2,1H3/t4-,5-,6-,7-,8-,9-,10+,11+,12+,13-/m1/s1. The van der Waals surface area contributed by atoms with Gasteiger partial charge in [0.05, 0.1) is 13.2 Å². The van der Waals surface area contributed by atoms with Gasteiger partial charge in [0.25, 0.3) is 0 Å². The molecule has 0 aromatic heterocycles. The third-order valence-corrected chi connectivity index (χ3v) is 4.12. The number of aliphatic hydroxyl groups excluding tert-OH is 7. The summed E-state index contributed by atoms with van der Waals surface area (Å²) in [6.07, 6.45) is -13.4. The van der Waals surface area contributed by atoms with E-state index in [9.17, 15) is 30.6 Å². The maximum absolute atomic E-state index is 10.0. The lowest BCUT2D eigenvalue weighted by molar-refractivity contribution is -0.208. The highest BCUT2D eigenvalue weighted by Gasteiger charge is 2.49. The third kappa shape index (κ3) is 3.86. The Morgan fingerprint density at radius 3 is 1.83 bits per heavy atom. The van der Waals surface area contributed by atoms with E-state index in [4.69, 9.17) is 24.1 Å². The Balaban J connectivity index is 1.87. The van der Waals surface area contributed by atoms with E-state index in [2.05, 4.69) is 0 Å². The molecule has 24 heavy (non-hydrogen) atoms. The van der Waals surface area contributed by atoms with E-state index < -0.39 is 74.6 Å². The monoisotopic (exact) mass is 356 g/mol. The second-order valence-corrected chi connectivity index (χ2v) is 5.79. The van der Waals surface area contributed by atoms with E-state index in [-0.39, 0.29) is 0 Å². The van der Waals surface area contributed by atoms with E-state index in [1.54, 1.807) is 0 Å². The van der Waals surface area contributed by atoms with Crippen LogP contribution in [0.25, 0.3) is 0 Å². The number of ether oxygens (including phenoxy) is 4. The molecule has 2 fully saturated rings. The van der Waals surface area contributed by atoms with E-state index in [0.29, 0.717) is 0 Å². The van der Waals surface area contributed by atoms with Gasteiger partial charge in [0.2, 0.25) is 0 Å². The normalized spacial score (nSPS) is 45.5. The molecule has 11 heteroatoms. The van der Waals surface area contributed by atoms with Crippen LogP contribution in [0.1, 0.15) is 0 Å². The predicted octanol–water partition coefficient (Wildman–Crippen LogP) is -4.74. The summed E-state index contributed by atoms with van der Waals surface area (Å²) in [5.74, 6) is 0. The van der Waals surface area contributed by atoms with Gasteiger partial charge in [-0.25, -0.2) is 0 Å². The number of methoxy groups -OCH3 is 1. The molecule has 0 aliphatic carbocycles. The quantitative estimate of drug-likeness (QED) is 0.233. The van der Waals surface area contributed by atoms with Crippen molar-refractivity contribution in [3.8, 4) is 0 Å². The SMILES string of the molecule is CO[C@H]1O[C@@H]([C@H](O)CO[C@@H]2O[C@@H]([C@H](O)CO)[C@H](O)[C@H]2O)[C@H](O)[C@H]1O. The molecular formula is C13H24O11. The molecule has 0 aromatic rings. The van der Waals surface area contributed by atoms with Crippen molar-refractivity contribution >= 4 is 0 Å². The molecule has 0 bridgehead atoms. The summed E-state index contributed by atoms with van der Waals surface area (Å²) in [4.78, 5) is 0. The number of hydrogen-bond donors (Lipinski definition) is 7. The minimum Gasteiger partial charge on any atom is -0.394 e. The highest BCUT2D eigenvalue weighted by atomic mass is 16.7. The summed E-state index contributed by atoms with van der Waals surface area (Å²) >= 11 is 0. The maximum atomic E-state index is 10.0. The minimum atomic E-state index is -1.50. The van der Waals surface area contributed by atoms with Crippen molar-refractivity contribution in [1.29, 1.82) is 0 Å². The molecule has 7 N–H and O–H groups in total. The Morgan fingerprint density at radius 1 is 0.833 bits per heavy atom. The fraction of sp³-hybridized carbons (Fsp3) is 1.00. The molecular weight excluding hydrogens is 332 g/mol. The zero-order valence-corrected chi connectivity index (χ0v) is 13.0. The van der Waals surface area contributed by atoms with Gasteiger partial charge in [-0.05, 0) is 0 Å². The summed E-state index contributed by atoms with van der Waals surface area (Å²) < 4.78 is 20.2. The van der Waals surface area contributed by atoms with Crippen molar-refractivity contribution in [3.63, 3.8) is 0 Å². The Kier molecular flexibility index (Phi) is 6.87. The van der Waals surface area contributed by atoms with E-state index in [1.165, 1.54) is 7.11 Å². The van der Waals surface area contributed by atoms with Crippen LogP contribution in [0.15, 0.2) is 0 Å². The second kappa shape index (κ2) is 8.29. The molecule has 0 amide bonds. The van der Waals surface area contributed by atoms with Gasteiger partial charge in [-0.2, -0.15) is 0 Å². The van der Waals surface area contributed by atoms with Crippen molar-refractivity contribution in [3.05, 3.63) is 0 Å². The van der Waals surface area contributed by atoms with Crippen LogP contribution in [0.5, 0.6) is 0 Å². The van der Waals surface area contributed by atoms with E-state index >= 15 is 0 Å². The summed E-state index contributed by atoms with van der Waals surface area (Å²) in [6.45, 7) is -1.14. The Morgan fingerprint density at radius 2 is 1.33 bits per heavy atom. The molecule has 142 valence electrons. The highest BCUT2D eigenvalue weighted by Crippen LogP contribution is 2.27. The van der Waals surface area contributed by atoms with Crippen LogP contribution in [0, 0.1) is 0 Å². The minimum absolute atomic E-state index is 0.457. The van der Waals surface area contributed by atoms with Crippen LogP contribution >= 0.6 is 0 Å². The second-order valence-electron chi connectivity index (χ2n) is 5.79. The van der Waals surface area contributed by atoms with Crippen LogP contribution in [0.2, 0.25) is 0 Å².